The molecular formula is C28H27F3N6O3. The minimum absolute atomic E-state index is 0.0377. The van der Waals surface area contributed by atoms with E-state index in [0.717, 1.165) is 37.2 Å². The molecule has 40 heavy (non-hydrogen) atoms. The number of halogens is 3. The highest BCUT2D eigenvalue weighted by Crippen LogP contribution is 2.31. The smallest absolute Gasteiger partial charge is 0.416 e. The van der Waals surface area contributed by atoms with Crippen LogP contribution in [0, 0.1) is 0 Å². The Bertz CT molecular complexity index is 1520. The Morgan fingerprint density at radius 2 is 1.93 bits per heavy atom. The summed E-state index contributed by atoms with van der Waals surface area (Å²) in [5.74, 6) is 1.04. The number of carbonyl (C=O) groups is 2. The van der Waals surface area contributed by atoms with Gasteiger partial charge in [-0.3, -0.25) is 9.36 Å². The summed E-state index contributed by atoms with van der Waals surface area (Å²) in [4.78, 5) is 35.0. The van der Waals surface area contributed by atoms with Crippen molar-refractivity contribution in [3.05, 3.63) is 78.4 Å². The van der Waals surface area contributed by atoms with E-state index in [2.05, 4.69) is 20.6 Å². The Hall–Kier alpha value is -4.45. The number of fused-ring (bicyclic) bond motifs is 1. The van der Waals surface area contributed by atoms with Crippen LogP contribution in [0.1, 0.15) is 30.5 Å². The van der Waals surface area contributed by atoms with Gasteiger partial charge in [-0.05, 0) is 55.3 Å². The van der Waals surface area contributed by atoms with Gasteiger partial charge in [-0.2, -0.15) is 13.2 Å². The fourth-order valence-electron chi connectivity index (χ4n) is 4.50. The van der Waals surface area contributed by atoms with Crippen molar-refractivity contribution in [2.45, 2.75) is 32.0 Å². The lowest BCUT2D eigenvalue weighted by atomic mass is 10.1. The van der Waals surface area contributed by atoms with Crippen molar-refractivity contribution >= 4 is 28.5 Å². The monoisotopic (exact) mass is 552 g/mol. The van der Waals surface area contributed by atoms with Crippen molar-refractivity contribution in [1.82, 2.24) is 24.8 Å². The second kappa shape index (κ2) is 11.7. The number of nitrogens with zero attached hydrogens (tertiary/aromatic N) is 4. The van der Waals surface area contributed by atoms with Crippen LogP contribution in [-0.2, 0) is 17.5 Å². The van der Waals surface area contributed by atoms with Crippen molar-refractivity contribution in [3.8, 4) is 11.6 Å². The molecule has 2 aromatic heterocycles. The first-order valence-electron chi connectivity index (χ1n) is 12.8. The van der Waals surface area contributed by atoms with Crippen LogP contribution in [0.4, 0.5) is 23.7 Å². The second-order valence-corrected chi connectivity index (χ2v) is 9.38. The van der Waals surface area contributed by atoms with E-state index in [9.17, 15) is 22.8 Å². The molecule has 0 aliphatic carbocycles. The van der Waals surface area contributed by atoms with Crippen molar-refractivity contribution in [2.75, 3.05) is 25.0 Å². The fourth-order valence-corrected chi connectivity index (χ4v) is 4.50. The third kappa shape index (κ3) is 6.57. The van der Waals surface area contributed by atoms with E-state index in [0.29, 0.717) is 48.6 Å². The van der Waals surface area contributed by atoms with Crippen LogP contribution in [-0.4, -0.2) is 51.0 Å². The molecule has 3 heterocycles. The summed E-state index contributed by atoms with van der Waals surface area (Å²) in [7, 11) is 0. The maximum absolute atomic E-state index is 13.0. The molecule has 0 spiro atoms. The number of hydrogen-bond acceptors (Lipinski definition) is 6. The van der Waals surface area contributed by atoms with Gasteiger partial charge in [0.25, 0.3) is 0 Å². The van der Waals surface area contributed by atoms with Gasteiger partial charge in [0.1, 0.15) is 12.1 Å². The van der Waals surface area contributed by atoms with Crippen LogP contribution >= 0.6 is 0 Å². The zero-order valence-electron chi connectivity index (χ0n) is 21.4. The molecule has 0 unspecified atom stereocenters. The molecule has 1 aliphatic heterocycles. The lowest BCUT2D eigenvalue weighted by Gasteiger charge is -2.26. The summed E-state index contributed by atoms with van der Waals surface area (Å²) in [5.41, 5.74) is 0.475. The Kier molecular flexibility index (Phi) is 7.96. The Morgan fingerprint density at radius 3 is 2.75 bits per heavy atom. The van der Waals surface area contributed by atoms with Crippen LogP contribution in [0.3, 0.4) is 0 Å². The number of nitrogens with one attached hydrogen (secondary N) is 2. The molecule has 1 saturated heterocycles. The molecular weight excluding hydrogens is 525 g/mol. The summed E-state index contributed by atoms with van der Waals surface area (Å²) < 4.78 is 46.2. The predicted molar refractivity (Wildman–Crippen MR) is 142 cm³/mol. The Morgan fingerprint density at radius 1 is 1.05 bits per heavy atom. The highest BCUT2D eigenvalue weighted by molar-refractivity contribution is 5.98. The number of likely N-dealkylation sites (tertiary alicyclic amines) is 1. The number of anilines is 1. The molecule has 1 aliphatic rings. The molecule has 5 rings (SSSR count). The predicted octanol–water partition coefficient (Wildman–Crippen LogP) is 5.42. The highest BCUT2D eigenvalue weighted by atomic mass is 19.4. The van der Waals surface area contributed by atoms with Gasteiger partial charge in [0.2, 0.25) is 11.8 Å². The molecule has 12 heteroatoms. The maximum atomic E-state index is 13.0. The third-order valence-electron chi connectivity index (χ3n) is 6.53. The van der Waals surface area contributed by atoms with E-state index in [1.165, 1.54) is 29.2 Å². The van der Waals surface area contributed by atoms with Crippen LogP contribution in [0.15, 0.2) is 67.1 Å². The van der Waals surface area contributed by atoms with Crippen LogP contribution in [0.5, 0.6) is 11.6 Å². The van der Waals surface area contributed by atoms with E-state index in [1.807, 2.05) is 4.90 Å². The number of rotatable bonds is 8. The first-order chi connectivity index (χ1) is 19.3. The zero-order valence-corrected chi connectivity index (χ0v) is 21.4. The second-order valence-electron chi connectivity index (χ2n) is 9.38. The van der Waals surface area contributed by atoms with Gasteiger partial charge in [0, 0.05) is 55.9 Å². The van der Waals surface area contributed by atoms with E-state index >= 15 is 0 Å². The van der Waals surface area contributed by atoms with E-state index in [1.54, 1.807) is 30.3 Å². The van der Waals surface area contributed by atoms with Gasteiger partial charge in [0.15, 0.2) is 0 Å². The van der Waals surface area contributed by atoms with Crippen molar-refractivity contribution in [3.63, 3.8) is 0 Å². The standard InChI is InChI=1S/C28H27F3N6O3/c29-28(30,31)20-4-3-5-21(15-20)35-27(39)37-12-9-19-14-23(7-8-24(19)37)40-25-16-22(33-18-34-25)17-32-10-13-36-11-2-1-6-26(36)38/h3-5,7-9,12,14-16,18,32H,1-2,6,10-11,13,17H2,(H,35,39). The van der Waals surface area contributed by atoms with E-state index < -0.39 is 17.8 Å². The normalized spacial score (nSPS) is 14.0. The largest absolute Gasteiger partial charge is 0.439 e. The number of amides is 2. The average Bonchev–Trinajstić information content (AvgIpc) is 3.35. The molecule has 2 amide bonds. The molecule has 2 N–H and O–H groups in total. The molecule has 0 bridgehead atoms. The summed E-state index contributed by atoms with van der Waals surface area (Å²) in [6.07, 6.45) is 1.06. The van der Waals surface area contributed by atoms with Crippen LogP contribution < -0.4 is 15.4 Å². The fraction of sp³-hybridized carbons (Fsp3) is 0.286. The first-order valence-corrected chi connectivity index (χ1v) is 12.8. The Labute approximate surface area is 228 Å². The molecule has 9 nitrogen and oxygen atoms in total. The summed E-state index contributed by atoms with van der Waals surface area (Å²) in [5, 5.41) is 6.49. The van der Waals surface area contributed by atoms with Crippen LogP contribution in [0.25, 0.3) is 10.9 Å². The molecule has 208 valence electrons. The van der Waals surface area contributed by atoms with Gasteiger partial charge in [0.05, 0.1) is 16.8 Å². The van der Waals surface area contributed by atoms with Crippen molar-refractivity contribution in [1.29, 1.82) is 0 Å². The third-order valence-corrected chi connectivity index (χ3v) is 6.53. The lowest BCUT2D eigenvalue weighted by Crippen LogP contribution is -2.39. The summed E-state index contributed by atoms with van der Waals surface area (Å²) in [6, 6.07) is 12.4. The topological polar surface area (TPSA) is 101 Å². The van der Waals surface area contributed by atoms with Gasteiger partial charge < -0.3 is 20.3 Å². The minimum Gasteiger partial charge on any atom is -0.439 e. The summed E-state index contributed by atoms with van der Waals surface area (Å²) in [6.45, 7) is 2.61. The zero-order chi connectivity index (χ0) is 28.1. The van der Waals surface area contributed by atoms with Crippen molar-refractivity contribution in [2.24, 2.45) is 0 Å². The number of ether oxygens (including phenoxy) is 1. The van der Waals surface area contributed by atoms with E-state index in [4.69, 9.17) is 4.74 Å². The van der Waals surface area contributed by atoms with Gasteiger partial charge >= 0.3 is 12.2 Å². The number of alkyl halides is 3. The first kappa shape index (κ1) is 27.1. The number of piperidine rings is 1. The molecule has 0 atom stereocenters. The molecule has 2 aromatic carbocycles. The maximum Gasteiger partial charge on any atom is 0.416 e. The summed E-state index contributed by atoms with van der Waals surface area (Å²) >= 11 is 0. The number of benzene rings is 2. The molecule has 0 radical (unpaired) electrons. The number of hydrogen-bond donors (Lipinski definition) is 2. The minimum atomic E-state index is -4.51. The molecule has 4 aromatic rings. The van der Waals surface area contributed by atoms with Crippen molar-refractivity contribution < 1.29 is 27.5 Å². The Balaban J connectivity index is 1.19. The van der Waals surface area contributed by atoms with E-state index in [-0.39, 0.29) is 11.6 Å². The average molecular weight is 553 g/mol. The SMILES string of the molecule is O=C1CCCCN1CCNCc1cc(Oc2ccc3c(ccn3C(=O)Nc3cccc(C(F)(F)F)c3)c2)ncn1. The molecule has 0 saturated carbocycles. The van der Waals surface area contributed by atoms with Gasteiger partial charge in [-0.15, -0.1) is 0 Å². The quantitative estimate of drug-likeness (QED) is 0.283. The molecule has 1 fully saturated rings. The number of carbonyl (C=O) groups excluding carboxylic acids is 2. The number of aromatic nitrogens is 3. The highest BCUT2D eigenvalue weighted by Gasteiger charge is 2.30. The van der Waals surface area contributed by atoms with Crippen LogP contribution in [0.2, 0.25) is 0 Å². The van der Waals surface area contributed by atoms with Gasteiger partial charge in [-0.1, -0.05) is 6.07 Å². The van der Waals surface area contributed by atoms with Gasteiger partial charge in [-0.25, -0.2) is 14.8 Å². The lowest BCUT2D eigenvalue weighted by molar-refractivity contribution is -0.137.